The number of hydrogen-bond acceptors (Lipinski definition) is 3. The Morgan fingerprint density at radius 3 is 2.38 bits per heavy atom. The van der Waals surface area contributed by atoms with Crippen LogP contribution in [-0.4, -0.2) is 25.3 Å². The van der Waals surface area contributed by atoms with Gasteiger partial charge < -0.3 is 15.7 Å². The minimum atomic E-state index is 0.176. The fraction of sp³-hybridized carbons (Fsp3) is 0.400. The molecule has 0 aliphatic carbocycles. The minimum Gasteiger partial charge on any atom is -0.395 e. The Hall–Kier alpha value is -1.06. The Kier molecular flexibility index (Phi) is 3.73. The Bertz CT molecular complexity index is 246. The predicted octanol–water partition coefficient (Wildman–Crippen LogP) is 0.574. The van der Waals surface area contributed by atoms with Crippen molar-refractivity contribution in [3.05, 3.63) is 29.8 Å². The predicted molar refractivity (Wildman–Crippen MR) is 54.7 cm³/mol. The van der Waals surface area contributed by atoms with E-state index in [-0.39, 0.29) is 6.61 Å². The first-order valence-electron chi connectivity index (χ1n) is 4.39. The molecule has 3 heteroatoms. The van der Waals surface area contributed by atoms with E-state index in [9.17, 15) is 0 Å². The van der Waals surface area contributed by atoms with Crippen molar-refractivity contribution in [3.63, 3.8) is 0 Å². The molecule has 13 heavy (non-hydrogen) atoms. The summed E-state index contributed by atoms with van der Waals surface area (Å²) in [6.07, 6.45) is 0. The summed E-state index contributed by atoms with van der Waals surface area (Å²) in [6.45, 7) is 1.40. The van der Waals surface area contributed by atoms with Gasteiger partial charge in [-0.1, -0.05) is 12.1 Å². The maximum atomic E-state index is 8.74. The molecule has 0 aliphatic rings. The van der Waals surface area contributed by atoms with Gasteiger partial charge in [0.05, 0.1) is 6.61 Å². The molecule has 0 saturated carbocycles. The second-order valence-electron chi connectivity index (χ2n) is 3.02. The Labute approximate surface area is 78.8 Å². The van der Waals surface area contributed by atoms with Gasteiger partial charge in [-0.3, -0.25) is 0 Å². The highest BCUT2D eigenvalue weighted by Crippen LogP contribution is 2.12. The van der Waals surface area contributed by atoms with Gasteiger partial charge in [-0.15, -0.1) is 0 Å². The van der Waals surface area contributed by atoms with Crippen LogP contribution in [0.5, 0.6) is 0 Å². The second kappa shape index (κ2) is 4.84. The van der Waals surface area contributed by atoms with Crippen molar-refractivity contribution in [1.82, 2.24) is 0 Å². The molecule has 0 bridgehead atoms. The summed E-state index contributed by atoms with van der Waals surface area (Å²) in [5.74, 6) is 0. The largest absolute Gasteiger partial charge is 0.395 e. The molecule has 0 fully saturated rings. The van der Waals surface area contributed by atoms with Crippen molar-refractivity contribution < 1.29 is 5.11 Å². The summed E-state index contributed by atoms with van der Waals surface area (Å²) >= 11 is 0. The molecule has 0 amide bonds. The maximum Gasteiger partial charge on any atom is 0.0606 e. The van der Waals surface area contributed by atoms with Crippen LogP contribution in [0.1, 0.15) is 5.56 Å². The van der Waals surface area contributed by atoms with E-state index in [1.807, 2.05) is 36.2 Å². The quantitative estimate of drug-likeness (QED) is 0.712. The fourth-order valence-corrected chi connectivity index (χ4v) is 1.17. The first-order valence-corrected chi connectivity index (χ1v) is 4.39. The zero-order chi connectivity index (χ0) is 9.68. The summed E-state index contributed by atoms with van der Waals surface area (Å²) in [5, 5.41) is 8.74. The third-order valence-electron chi connectivity index (χ3n) is 2.05. The van der Waals surface area contributed by atoms with Crippen LogP contribution in [0.2, 0.25) is 0 Å². The number of benzene rings is 1. The van der Waals surface area contributed by atoms with Crippen molar-refractivity contribution in [3.8, 4) is 0 Å². The van der Waals surface area contributed by atoms with Crippen LogP contribution in [0.15, 0.2) is 24.3 Å². The van der Waals surface area contributed by atoms with Crippen LogP contribution < -0.4 is 10.6 Å². The van der Waals surface area contributed by atoms with Crippen LogP contribution in [0.25, 0.3) is 0 Å². The van der Waals surface area contributed by atoms with E-state index < -0.39 is 0 Å². The molecular weight excluding hydrogens is 164 g/mol. The minimum absolute atomic E-state index is 0.176. The molecule has 72 valence electrons. The van der Waals surface area contributed by atoms with Crippen molar-refractivity contribution >= 4 is 5.69 Å². The van der Waals surface area contributed by atoms with Gasteiger partial charge in [0.1, 0.15) is 0 Å². The van der Waals surface area contributed by atoms with Gasteiger partial charge in [0.2, 0.25) is 0 Å². The number of nitrogens with zero attached hydrogens (tertiary/aromatic N) is 1. The van der Waals surface area contributed by atoms with Crippen molar-refractivity contribution in [1.29, 1.82) is 0 Å². The van der Waals surface area contributed by atoms with Gasteiger partial charge >= 0.3 is 0 Å². The fourth-order valence-electron chi connectivity index (χ4n) is 1.17. The summed E-state index contributed by atoms with van der Waals surface area (Å²) in [6, 6.07) is 8.03. The molecule has 0 spiro atoms. The molecule has 0 aliphatic heterocycles. The van der Waals surface area contributed by atoms with E-state index in [0.717, 1.165) is 11.3 Å². The van der Waals surface area contributed by atoms with Crippen molar-refractivity contribution in [2.45, 2.75) is 6.54 Å². The number of likely N-dealkylation sites (N-methyl/N-ethyl adjacent to an activating group) is 1. The molecule has 0 unspecified atom stereocenters. The molecule has 0 atom stereocenters. The summed E-state index contributed by atoms with van der Waals surface area (Å²) in [7, 11) is 1.95. The molecule has 3 N–H and O–H groups in total. The van der Waals surface area contributed by atoms with E-state index in [2.05, 4.69) is 0 Å². The molecule has 0 aromatic heterocycles. The van der Waals surface area contributed by atoms with Crippen LogP contribution >= 0.6 is 0 Å². The van der Waals surface area contributed by atoms with Crippen molar-refractivity contribution in [2.24, 2.45) is 5.73 Å². The molecule has 0 saturated heterocycles. The third-order valence-corrected chi connectivity index (χ3v) is 2.05. The maximum absolute atomic E-state index is 8.74. The lowest BCUT2D eigenvalue weighted by Crippen LogP contribution is -2.20. The van der Waals surface area contributed by atoms with Gasteiger partial charge in [-0.05, 0) is 17.7 Å². The lowest BCUT2D eigenvalue weighted by molar-refractivity contribution is 0.304. The first kappa shape index (κ1) is 10.0. The van der Waals surface area contributed by atoms with Crippen molar-refractivity contribution in [2.75, 3.05) is 25.1 Å². The summed E-state index contributed by atoms with van der Waals surface area (Å²) < 4.78 is 0. The van der Waals surface area contributed by atoms with E-state index in [1.165, 1.54) is 0 Å². The van der Waals surface area contributed by atoms with E-state index in [4.69, 9.17) is 10.8 Å². The lowest BCUT2D eigenvalue weighted by Gasteiger charge is -2.17. The number of aliphatic hydroxyl groups excluding tert-OH is 1. The normalized spacial score (nSPS) is 10.1. The van der Waals surface area contributed by atoms with E-state index in [1.54, 1.807) is 0 Å². The average molecular weight is 180 g/mol. The van der Waals surface area contributed by atoms with Crippen LogP contribution in [0, 0.1) is 0 Å². The SMILES string of the molecule is CN(CCO)c1ccc(CN)cc1. The monoisotopic (exact) mass is 180 g/mol. The molecule has 0 heterocycles. The van der Waals surface area contributed by atoms with Crippen LogP contribution in [0.4, 0.5) is 5.69 Å². The van der Waals surface area contributed by atoms with Gasteiger partial charge in [0.15, 0.2) is 0 Å². The Morgan fingerprint density at radius 1 is 1.31 bits per heavy atom. The molecule has 1 rings (SSSR count). The third kappa shape index (κ3) is 2.72. The smallest absolute Gasteiger partial charge is 0.0606 e. The molecule has 1 aromatic rings. The van der Waals surface area contributed by atoms with Crippen LogP contribution in [0.3, 0.4) is 0 Å². The molecule has 3 nitrogen and oxygen atoms in total. The molecule has 0 radical (unpaired) electrons. The highest BCUT2D eigenvalue weighted by molar-refractivity contribution is 5.46. The first-order chi connectivity index (χ1) is 6.27. The highest BCUT2D eigenvalue weighted by atomic mass is 16.3. The number of anilines is 1. The lowest BCUT2D eigenvalue weighted by atomic mass is 10.2. The Morgan fingerprint density at radius 2 is 1.92 bits per heavy atom. The summed E-state index contributed by atoms with van der Waals surface area (Å²) in [5.41, 5.74) is 7.71. The zero-order valence-corrected chi connectivity index (χ0v) is 7.90. The van der Waals surface area contributed by atoms with Gasteiger partial charge in [0.25, 0.3) is 0 Å². The number of nitrogens with two attached hydrogens (primary N) is 1. The van der Waals surface area contributed by atoms with Gasteiger partial charge in [0, 0.05) is 25.8 Å². The van der Waals surface area contributed by atoms with E-state index >= 15 is 0 Å². The second-order valence-corrected chi connectivity index (χ2v) is 3.02. The van der Waals surface area contributed by atoms with Gasteiger partial charge in [-0.25, -0.2) is 0 Å². The van der Waals surface area contributed by atoms with E-state index in [0.29, 0.717) is 13.1 Å². The number of hydrogen-bond donors (Lipinski definition) is 2. The Balaban J connectivity index is 2.67. The van der Waals surface area contributed by atoms with Gasteiger partial charge in [-0.2, -0.15) is 0 Å². The summed E-state index contributed by atoms with van der Waals surface area (Å²) in [4.78, 5) is 2.00. The van der Waals surface area contributed by atoms with Crippen LogP contribution in [-0.2, 0) is 6.54 Å². The highest BCUT2D eigenvalue weighted by Gasteiger charge is 1.98. The molecule has 1 aromatic carbocycles. The molecular formula is C10H16N2O. The standard InChI is InChI=1S/C10H16N2O/c1-12(6-7-13)10-4-2-9(8-11)3-5-10/h2-5,13H,6-8,11H2,1H3. The number of rotatable bonds is 4. The topological polar surface area (TPSA) is 49.5 Å². The average Bonchev–Trinajstić information content (AvgIpc) is 2.18. The zero-order valence-electron chi connectivity index (χ0n) is 7.90. The number of aliphatic hydroxyl groups is 1.